The third kappa shape index (κ3) is 5.57. The second kappa shape index (κ2) is 7.46. The van der Waals surface area contributed by atoms with Crippen molar-refractivity contribution in [3.63, 3.8) is 0 Å². The SMILES string of the molecule is CCCCC=CC(C)NS(=O)(=O)c1ccc(C)cc1. The zero-order valence-electron chi connectivity index (χ0n) is 11.9. The molecule has 1 rings (SSSR count). The molecule has 1 aromatic carbocycles. The molecule has 0 radical (unpaired) electrons. The van der Waals surface area contributed by atoms with Crippen LogP contribution in [0.3, 0.4) is 0 Å². The summed E-state index contributed by atoms with van der Waals surface area (Å²) in [6.07, 6.45) is 7.21. The van der Waals surface area contributed by atoms with Crippen LogP contribution in [-0.2, 0) is 10.0 Å². The normalized spacial score (nSPS) is 13.8. The molecule has 0 amide bonds. The minimum atomic E-state index is -3.42. The molecule has 1 atom stereocenters. The third-order valence-corrected chi connectivity index (χ3v) is 4.40. The van der Waals surface area contributed by atoms with Gasteiger partial charge in [0.25, 0.3) is 0 Å². The van der Waals surface area contributed by atoms with Crippen LogP contribution >= 0.6 is 0 Å². The average Bonchev–Trinajstić information content (AvgIpc) is 2.34. The van der Waals surface area contributed by atoms with E-state index in [0.29, 0.717) is 4.90 Å². The molecule has 0 aliphatic heterocycles. The molecule has 4 heteroatoms. The van der Waals surface area contributed by atoms with Crippen molar-refractivity contribution >= 4 is 10.0 Å². The highest BCUT2D eigenvalue weighted by atomic mass is 32.2. The Bertz CT molecular complexity index is 503. The van der Waals surface area contributed by atoms with Crippen molar-refractivity contribution in [2.45, 2.75) is 51.0 Å². The van der Waals surface area contributed by atoms with Crippen LogP contribution in [-0.4, -0.2) is 14.5 Å². The molecule has 0 saturated carbocycles. The molecule has 1 unspecified atom stereocenters. The first-order chi connectivity index (χ1) is 8.95. The van der Waals surface area contributed by atoms with Gasteiger partial charge >= 0.3 is 0 Å². The molecule has 0 heterocycles. The Kier molecular flexibility index (Phi) is 6.25. The lowest BCUT2D eigenvalue weighted by molar-refractivity contribution is 0.576. The fourth-order valence-electron chi connectivity index (χ4n) is 1.69. The van der Waals surface area contributed by atoms with Gasteiger partial charge in [-0.1, -0.05) is 49.6 Å². The highest BCUT2D eigenvalue weighted by Gasteiger charge is 2.15. The van der Waals surface area contributed by atoms with Crippen LogP contribution in [0.5, 0.6) is 0 Å². The Morgan fingerprint density at radius 3 is 2.47 bits per heavy atom. The van der Waals surface area contributed by atoms with Crippen LogP contribution < -0.4 is 4.72 Å². The zero-order chi connectivity index (χ0) is 14.3. The van der Waals surface area contributed by atoms with E-state index in [1.165, 1.54) is 0 Å². The fourth-order valence-corrected chi connectivity index (χ4v) is 2.89. The number of nitrogens with one attached hydrogen (secondary N) is 1. The van der Waals surface area contributed by atoms with Gasteiger partial charge in [0.2, 0.25) is 10.0 Å². The number of unbranched alkanes of at least 4 members (excludes halogenated alkanes) is 2. The number of aryl methyl sites for hydroxylation is 1. The van der Waals surface area contributed by atoms with Gasteiger partial charge < -0.3 is 0 Å². The molecule has 0 aliphatic carbocycles. The first kappa shape index (κ1) is 15.9. The van der Waals surface area contributed by atoms with Gasteiger partial charge in [-0.25, -0.2) is 13.1 Å². The molecule has 0 bridgehead atoms. The maximum Gasteiger partial charge on any atom is 0.241 e. The fraction of sp³-hybridized carbons (Fsp3) is 0.467. The average molecular weight is 281 g/mol. The van der Waals surface area contributed by atoms with Crippen LogP contribution in [0.2, 0.25) is 0 Å². The van der Waals surface area contributed by atoms with E-state index in [4.69, 9.17) is 0 Å². The van der Waals surface area contributed by atoms with E-state index in [0.717, 1.165) is 24.8 Å². The van der Waals surface area contributed by atoms with Crippen molar-refractivity contribution in [2.75, 3.05) is 0 Å². The Hall–Kier alpha value is -1.13. The second-order valence-corrected chi connectivity index (χ2v) is 6.51. The zero-order valence-corrected chi connectivity index (χ0v) is 12.7. The minimum Gasteiger partial charge on any atom is -0.207 e. The van der Waals surface area contributed by atoms with Crippen LogP contribution in [0, 0.1) is 6.92 Å². The highest BCUT2D eigenvalue weighted by molar-refractivity contribution is 7.89. The van der Waals surface area contributed by atoms with Crippen LogP contribution in [0.1, 0.15) is 38.7 Å². The van der Waals surface area contributed by atoms with Crippen molar-refractivity contribution < 1.29 is 8.42 Å². The predicted octanol–water partition coefficient (Wildman–Crippen LogP) is 3.41. The van der Waals surface area contributed by atoms with Crippen molar-refractivity contribution in [3.8, 4) is 0 Å². The van der Waals surface area contributed by atoms with Crippen molar-refractivity contribution in [3.05, 3.63) is 42.0 Å². The molecular formula is C15H23NO2S. The summed E-state index contributed by atoms with van der Waals surface area (Å²) >= 11 is 0. The summed E-state index contributed by atoms with van der Waals surface area (Å²) in [5.74, 6) is 0. The van der Waals surface area contributed by atoms with Gasteiger partial charge in [0.05, 0.1) is 4.90 Å². The van der Waals surface area contributed by atoms with Crippen molar-refractivity contribution in [1.29, 1.82) is 0 Å². The molecule has 106 valence electrons. The van der Waals surface area contributed by atoms with Gasteiger partial charge in [-0.2, -0.15) is 0 Å². The summed E-state index contributed by atoms with van der Waals surface area (Å²) in [6, 6.07) is 6.67. The first-order valence-electron chi connectivity index (χ1n) is 6.71. The Morgan fingerprint density at radius 1 is 1.26 bits per heavy atom. The van der Waals surface area contributed by atoms with E-state index in [-0.39, 0.29) is 6.04 Å². The third-order valence-electron chi connectivity index (χ3n) is 2.82. The maximum atomic E-state index is 12.1. The number of allylic oxidation sites excluding steroid dienone is 1. The summed E-state index contributed by atoms with van der Waals surface area (Å²) in [4.78, 5) is 0.312. The van der Waals surface area contributed by atoms with Crippen LogP contribution in [0.15, 0.2) is 41.3 Å². The highest BCUT2D eigenvalue weighted by Crippen LogP contribution is 2.10. The number of hydrogen-bond donors (Lipinski definition) is 1. The van der Waals surface area contributed by atoms with E-state index in [1.54, 1.807) is 24.3 Å². The van der Waals surface area contributed by atoms with Gasteiger partial charge in [-0.05, 0) is 32.4 Å². The summed E-state index contributed by atoms with van der Waals surface area (Å²) in [5, 5.41) is 0. The minimum absolute atomic E-state index is 0.192. The maximum absolute atomic E-state index is 12.1. The molecule has 0 aliphatic rings. The molecule has 0 spiro atoms. The number of benzene rings is 1. The molecule has 0 saturated heterocycles. The molecule has 0 aromatic heterocycles. The lowest BCUT2D eigenvalue weighted by Crippen LogP contribution is -2.31. The van der Waals surface area contributed by atoms with Gasteiger partial charge in [-0.3, -0.25) is 0 Å². The molecule has 1 aromatic rings. The number of rotatable bonds is 7. The lowest BCUT2D eigenvalue weighted by Gasteiger charge is -2.10. The largest absolute Gasteiger partial charge is 0.241 e. The van der Waals surface area contributed by atoms with E-state index in [2.05, 4.69) is 11.6 Å². The standard InChI is InChI=1S/C15H23NO2S/c1-4-5-6-7-8-14(3)16-19(17,18)15-11-9-13(2)10-12-15/h7-12,14,16H,4-6H2,1-3H3. The lowest BCUT2D eigenvalue weighted by atomic mass is 10.2. The summed E-state index contributed by atoms with van der Waals surface area (Å²) in [6.45, 7) is 5.91. The second-order valence-electron chi connectivity index (χ2n) is 4.79. The van der Waals surface area contributed by atoms with Gasteiger partial charge in [-0.15, -0.1) is 0 Å². The molecule has 19 heavy (non-hydrogen) atoms. The quantitative estimate of drug-likeness (QED) is 0.615. The topological polar surface area (TPSA) is 46.2 Å². The molecule has 3 nitrogen and oxygen atoms in total. The van der Waals surface area contributed by atoms with Crippen molar-refractivity contribution in [2.24, 2.45) is 0 Å². The number of sulfonamides is 1. The number of hydrogen-bond acceptors (Lipinski definition) is 2. The van der Waals surface area contributed by atoms with Crippen molar-refractivity contribution in [1.82, 2.24) is 4.72 Å². The van der Waals surface area contributed by atoms with Gasteiger partial charge in [0.1, 0.15) is 0 Å². The van der Waals surface area contributed by atoms with Crippen LogP contribution in [0.4, 0.5) is 0 Å². The van der Waals surface area contributed by atoms with Crippen LogP contribution in [0.25, 0.3) is 0 Å². The van der Waals surface area contributed by atoms with E-state index in [9.17, 15) is 8.42 Å². The molecule has 1 N–H and O–H groups in total. The monoisotopic (exact) mass is 281 g/mol. The predicted molar refractivity (Wildman–Crippen MR) is 79.6 cm³/mol. The summed E-state index contributed by atoms with van der Waals surface area (Å²) in [5.41, 5.74) is 1.05. The van der Waals surface area contributed by atoms with Gasteiger partial charge in [0.15, 0.2) is 0 Å². The Morgan fingerprint density at radius 2 is 1.89 bits per heavy atom. The smallest absolute Gasteiger partial charge is 0.207 e. The summed E-state index contributed by atoms with van der Waals surface area (Å²) in [7, 11) is -3.42. The Balaban J connectivity index is 2.64. The molecular weight excluding hydrogens is 258 g/mol. The molecule has 0 fully saturated rings. The van der Waals surface area contributed by atoms with Gasteiger partial charge in [0, 0.05) is 6.04 Å². The van der Waals surface area contributed by atoms with E-state index in [1.807, 2.05) is 26.0 Å². The summed E-state index contributed by atoms with van der Waals surface area (Å²) < 4.78 is 26.8. The van der Waals surface area contributed by atoms with E-state index < -0.39 is 10.0 Å². The Labute approximate surface area is 116 Å². The van der Waals surface area contributed by atoms with E-state index >= 15 is 0 Å². The first-order valence-corrected chi connectivity index (χ1v) is 8.19.